The first-order valence-electron chi connectivity index (χ1n) is 10.2. The summed E-state index contributed by atoms with van der Waals surface area (Å²) in [5.74, 6) is 7.74. The number of aromatic nitrogens is 3. The van der Waals surface area contributed by atoms with Crippen molar-refractivity contribution in [1.29, 1.82) is 0 Å². The van der Waals surface area contributed by atoms with Crippen molar-refractivity contribution in [2.75, 3.05) is 35.7 Å². The molecule has 2 N–H and O–H groups in total. The highest BCUT2D eigenvalue weighted by molar-refractivity contribution is 5.99. The SMILES string of the molecule is CNc1ncc(C#Cc2ccc(N3CCC3)cn2)c2cc(NC(=O)C3CC3)ncc12. The van der Waals surface area contributed by atoms with Gasteiger partial charge in [-0.25, -0.2) is 15.0 Å². The van der Waals surface area contributed by atoms with Crippen LogP contribution in [-0.4, -0.2) is 41.0 Å². The van der Waals surface area contributed by atoms with Crippen LogP contribution >= 0.6 is 0 Å². The third-order valence-corrected chi connectivity index (χ3v) is 5.50. The molecule has 30 heavy (non-hydrogen) atoms. The third-order valence-electron chi connectivity index (χ3n) is 5.50. The van der Waals surface area contributed by atoms with Gasteiger partial charge in [-0.15, -0.1) is 0 Å². The van der Waals surface area contributed by atoms with Gasteiger partial charge in [-0.2, -0.15) is 0 Å². The molecule has 2 aliphatic rings. The normalized spacial score (nSPS) is 15.2. The summed E-state index contributed by atoms with van der Waals surface area (Å²) in [5.41, 5.74) is 2.61. The molecule has 1 aliphatic carbocycles. The maximum Gasteiger partial charge on any atom is 0.228 e. The van der Waals surface area contributed by atoms with Crippen LogP contribution in [0.15, 0.2) is 36.8 Å². The van der Waals surface area contributed by atoms with E-state index in [0.717, 1.165) is 53.8 Å². The topological polar surface area (TPSA) is 83.0 Å². The summed E-state index contributed by atoms with van der Waals surface area (Å²) in [6.45, 7) is 2.19. The Balaban J connectivity index is 1.46. The van der Waals surface area contributed by atoms with E-state index >= 15 is 0 Å². The fourth-order valence-electron chi connectivity index (χ4n) is 3.43. The van der Waals surface area contributed by atoms with Gasteiger partial charge in [-0.1, -0.05) is 5.92 Å². The van der Waals surface area contributed by atoms with Gasteiger partial charge in [0.1, 0.15) is 17.3 Å². The van der Waals surface area contributed by atoms with Gasteiger partial charge < -0.3 is 15.5 Å². The van der Waals surface area contributed by atoms with Gasteiger partial charge in [0.05, 0.1) is 17.4 Å². The van der Waals surface area contributed by atoms with Gasteiger partial charge in [0.25, 0.3) is 0 Å². The first-order valence-corrected chi connectivity index (χ1v) is 10.2. The van der Waals surface area contributed by atoms with Crippen LogP contribution in [0.1, 0.15) is 30.5 Å². The number of amides is 1. The maximum atomic E-state index is 12.1. The fraction of sp³-hybridized carbons (Fsp3) is 0.304. The first kappa shape index (κ1) is 18.4. The second-order valence-electron chi connectivity index (χ2n) is 7.64. The van der Waals surface area contributed by atoms with E-state index in [0.29, 0.717) is 11.5 Å². The Bertz CT molecular complexity index is 1170. The number of nitrogens with zero attached hydrogens (tertiary/aromatic N) is 4. The Hall–Kier alpha value is -3.66. The summed E-state index contributed by atoms with van der Waals surface area (Å²) in [6.07, 6.45) is 8.48. The standard InChI is InChI=1S/C23H22N6O/c1-24-22-20-14-26-21(28-23(30)15-3-4-15)11-19(20)16(12-27-22)5-6-17-7-8-18(13-25-17)29-9-2-10-29/h7-8,11-15H,2-4,9-10H2,1H3,(H,24,27)(H,26,28,30). The molecule has 7 nitrogen and oxygen atoms in total. The van der Waals surface area contributed by atoms with Crippen molar-refractivity contribution in [3.8, 4) is 11.8 Å². The summed E-state index contributed by atoms with van der Waals surface area (Å²) >= 11 is 0. The van der Waals surface area contributed by atoms with E-state index in [9.17, 15) is 4.79 Å². The van der Waals surface area contributed by atoms with Crippen LogP contribution in [-0.2, 0) is 4.79 Å². The molecule has 1 aliphatic heterocycles. The molecule has 0 aromatic carbocycles. The molecule has 5 rings (SSSR count). The van der Waals surface area contributed by atoms with Crippen LogP contribution in [0.2, 0.25) is 0 Å². The minimum absolute atomic E-state index is 0.0314. The largest absolute Gasteiger partial charge is 0.373 e. The lowest BCUT2D eigenvalue weighted by atomic mass is 10.1. The number of fused-ring (bicyclic) bond motifs is 1. The quantitative estimate of drug-likeness (QED) is 0.658. The van der Waals surface area contributed by atoms with Crippen molar-refractivity contribution >= 4 is 34.0 Å². The van der Waals surface area contributed by atoms with Crippen molar-refractivity contribution < 1.29 is 4.79 Å². The van der Waals surface area contributed by atoms with Crippen LogP contribution in [0.3, 0.4) is 0 Å². The third kappa shape index (κ3) is 3.64. The summed E-state index contributed by atoms with van der Waals surface area (Å²) < 4.78 is 0. The Morgan fingerprint density at radius 3 is 2.60 bits per heavy atom. The molecule has 0 radical (unpaired) electrons. The first-order chi connectivity index (χ1) is 14.7. The summed E-state index contributed by atoms with van der Waals surface area (Å²) in [7, 11) is 1.82. The van der Waals surface area contributed by atoms with Gasteiger partial charge in [0.2, 0.25) is 5.91 Å². The lowest BCUT2D eigenvalue weighted by Gasteiger charge is -2.32. The molecule has 0 atom stereocenters. The number of hydrogen-bond acceptors (Lipinski definition) is 6. The van der Waals surface area contributed by atoms with E-state index in [4.69, 9.17) is 0 Å². The molecule has 150 valence electrons. The van der Waals surface area contributed by atoms with E-state index in [1.807, 2.05) is 25.4 Å². The van der Waals surface area contributed by atoms with Crippen molar-refractivity contribution in [3.05, 3.63) is 48.0 Å². The highest BCUT2D eigenvalue weighted by Crippen LogP contribution is 2.31. The predicted molar refractivity (Wildman–Crippen MR) is 117 cm³/mol. The molecular weight excluding hydrogens is 376 g/mol. The summed E-state index contributed by atoms with van der Waals surface area (Å²) in [6, 6.07) is 5.87. The Morgan fingerprint density at radius 1 is 1.07 bits per heavy atom. The Kier molecular flexibility index (Phi) is 4.68. The van der Waals surface area contributed by atoms with Crippen molar-refractivity contribution in [2.45, 2.75) is 19.3 Å². The second-order valence-corrected chi connectivity index (χ2v) is 7.64. The summed E-state index contributed by atoms with van der Waals surface area (Å²) in [5, 5.41) is 7.74. The van der Waals surface area contributed by atoms with E-state index in [2.05, 4.69) is 48.4 Å². The Labute approximate surface area is 174 Å². The number of pyridine rings is 3. The van der Waals surface area contributed by atoms with Crippen molar-refractivity contribution in [3.63, 3.8) is 0 Å². The molecule has 3 aromatic heterocycles. The molecule has 3 aromatic rings. The molecule has 0 unspecified atom stereocenters. The highest BCUT2D eigenvalue weighted by Gasteiger charge is 2.29. The van der Waals surface area contributed by atoms with Crippen LogP contribution in [0.25, 0.3) is 10.8 Å². The zero-order chi connectivity index (χ0) is 20.5. The van der Waals surface area contributed by atoms with Gasteiger partial charge in [-0.05, 0) is 43.4 Å². The zero-order valence-electron chi connectivity index (χ0n) is 16.8. The molecule has 2 fully saturated rings. The van der Waals surface area contributed by atoms with Gasteiger partial charge in [0, 0.05) is 49.2 Å². The number of rotatable bonds is 4. The highest BCUT2D eigenvalue weighted by atomic mass is 16.2. The van der Waals surface area contributed by atoms with Crippen LogP contribution in [0, 0.1) is 17.8 Å². The number of carbonyl (C=O) groups excluding carboxylic acids is 1. The molecule has 1 saturated heterocycles. The number of hydrogen-bond donors (Lipinski definition) is 2. The predicted octanol–water partition coefficient (Wildman–Crippen LogP) is 3.02. The smallest absolute Gasteiger partial charge is 0.228 e. The van der Waals surface area contributed by atoms with Gasteiger partial charge in [-0.3, -0.25) is 4.79 Å². The molecule has 1 amide bonds. The van der Waals surface area contributed by atoms with Gasteiger partial charge in [0.15, 0.2) is 0 Å². The van der Waals surface area contributed by atoms with E-state index in [-0.39, 0.29) is 11.8 Å². The average Bonchev–Trinajstić information content (AvgIpc) is 3.57. The number of nitrogens with one attached hydrogen (secondary N) is 2. The number of carbonyl (C=O) groups is 1. The molecule has 1 saturated carbocycles. The monoisotopic (exact) mass is 398 g/mol. The summed E-state index contributed by atoms with van der Waals surface area (Å²) in [4.78, 5) is 27.7. The van der Waals surface area contributed by atoms with Crippen LogP contribution in [0.5, 0.6) is 0 Å². The zero-order valence-corrected chi connectivity index (χ0v) is 16.8. The molecule has 0 spiro atoms. The van der Waals surface area contributed by atoms with Crippen LogP contribution in [0.4, 0.5) is 17.3 Å². The van der Waals surface area contributed by atoms with E-state index in [1.165, 1.54) is 6.42 Å². The van der Waals surface area contributed by atoms with Gasteiger partial charge >= 0.3 is 0 Å². The second kappa shape index (κ2) is 7.64. The fourth-order valence-corrected chi connectivity index (χ4v) is 3.43. The van der Waals surface area contributed by atoms with Crippen molar-refractivity contribution in [2.24, 2.45) is 5.92 Å². The average molecular weight is 398 g/mol. The minimum atomic E-state index is 0.0314. The minimum Gasteiger partial charge on any atom is -0.373 e. The van der Waals surface area contributed by atoms with Crippen LogP contribution < -0.4 is 15.5 Å². The molecule has 4 heterocycles. The van der Waals surface area contributed by atoms with E-state index < -0.39 is 0 Å². The maximum absolute atomic E-state index is 12.1. The lowest BCUT2D eigenvalue weighted by molar-refractivity contribution is -0.117. The lowest BCUT2D eigenvalue weighted by Crippen LogP contribution is -2.36. The van der Waals surface area contributed by atoms with Crippen molar-refractivity contribution in [1.82, 2.24) is 15.0 Å². The molecule has 0 bridgehead atoms. The molecule has 7 heteroatoms. The Morgan fingerprint density at radius 2 is 1.93 bits per heavy atom. The molecular formula is C23H22N6O. The number of anilines is 3. The van der Waals surface area contributed by atoms with E-state index in [1.54, 1.807) is 12.4 Å².